The molecule has 0 atom stereocenters. The van der Waals surface area contributed by atoms with Crippen LogP contribution < -0.4 is 5.32 Å². The van der Waals surface area contributed by atoms with E-state index in [1.165, 1.54) is 5.56 Å². The van der Waals surface area contributed by atoms with Crippen LogP contribution in [0.1, 0.15) is 26.3 Å². The molecule has 0 amide bonds. The highest BCUT2D eigenvalue weighted by Crippen LogP contribution is 2.29. The predicted octanol–water partition coefficient (Wildman–Crippen LogP) is 5.90. The third kappa shape index (κ3) is 3.89. The van der Waals surface area contributed by atoms with Crippen molar-refractivity contribution < 1.29 is 0 Å². The molecule has 0 fully saturated rings. The zero-order valence-corrected chi connectivity index (χ0v) is 14.9. The Morgan fingerprint density at radius 3 is 2.39 bits per heavy atom. The summed E-state index contributed by atoms with van der Waals surface area (Å²) in [5, 5.41) is 6.61. The van der Waals surface area contributed by atoms with E-state index in [-0.39, 0.29) is 5.41 Å². The number of rotatable bonds is 3. The molecule has 3 rings (SSSR count). The second kappa shape index (κ2) is 6.30. The molecule has 0 aliphatic rings. The molecule has 2 heterocycles. The third-order valence-corrected chi connectivity index (χ3v) is 4.51. The van der Waals surface area contributed by atoms with Crippen LogP contribution in [0, 0.1) is 0 Å². The summed E-state index contributed by atoms with van der Waals surface area (Å²) in [6.07, 6.45) is 1.70. The van der Waals surface area contributed by atoms with E-state index < -0.39 is 0 Å². The Morgan fingerprint density at radius 2 is 1.78 bits per heavy atom. The van der Waals surface area contributed by atoms with Crippen molar-refractivity contribution in [3.63, 3.8) is 0 Å². The molecule has 0 saturated heterocycles. The Morgan fingerprint density at radius 1 is 1.04 bits per heavy atom. The first-order valence-electron chi connectivity index (χ1n) is 7.37. The minimum absolute atomic E-state index is 0.162. The molecular formula is C18H18ClN3S. The minimum Gasteiger partial charge on any atom is -0.330 e. The third-order valence-electron chi connectivity index (χ3n) is 3.53. The number of benzene rings is 1. The second-order valence-corrected chi connectivity index (χ2v) is 7.61. The number of aromatic nitrogens is 2. The monoisotopic (exact) mass is 343 g/mol. The van der Waals surface area contributed by atoms with Crippen molar-refractivity contribution in [2.24, 2.45) is 0 Å². The molecule has 0 aliphatic heterocycles. The lowest BCUT2D eigenvalue weighted by molar-refractivity contribution is 0.590. The van der Waals surface area contributed by atoms with Crippen LogP contribution in [0.4, 0.5) is 10.8 Å². The summed E-state index contributed by atoms with van der Waals surface area (Å²) < 4.78 is 0. The van der Waals surface area contributed by atoms with Gasteiger partial charge in [0.2, 0.25) is 0 Å². The number of hydrogen-bond acceptors (Lipinski definition) is 4. The summed E-state index contributed by atoms with van der Waals surface area (Å²) in [6.45, 7) is 6.65. The normalized spacial score (nSPS) is 11.5. The molecule has 5 heteroatoms. The van der Waals surface area contributed by atoms with Gasteiger partial charge in [0, 0.05) is 10.9 Å². The van der Waals surface area contributed by atoms with E-state index in [9.17, 15) is 0 Å². The van der Waals surface area contributed by atoms with Crippen LogP contribution in [-0.4, -0.2) is 9.97 Å². The smallest absolute Gasteiger partial charge is 0.187 e. The summed E-state index contributed by atoms with van der Waals surface area (Å²) in [5.41, 5.74) is 4.45. The fourth-order valence-electron chi connectivity index (χ4n) is 2.18. The highest BCUT2D eigenvalue weighted by molar-refractivity contribution is 7.14. The maximum absolute atomic E-state index is 5.79. The van der Waals surface area contributed by atoms with Crippen molar-refractivity contribution in [1.82, 2.24) is 9.97 Å². The first-order valence-corrected chi connectivity index (χ1v) is 8.62. The van der Waals surface area contributed by atoms with Crippen molar-refractivity contribution >= 4 is 33.8 Å². The van der Waals surface area contributed by atoms with Gasteiger partial charge in [0.1, 0.15) is 5.15 Å². The van der Waals surface area contributed by atoms with E-state index in [4.69, 9.17) is 11.6 Å². The van der Waals surface area contributed by atoms with E-state index in [1.807, 2.05) is 6.07 Å². The van der Waals surface area contributed by atoms with E-state index >= 15 is 0 Å². The Kier molecular flexibility index (Phi) is 4.37. The van der Waals surface area contributed by atoms with Crippen LogP contribution in [0.25, 0.3) is 11.3 Å². The quantitative estimate of drug-likeness (QED) is 0.601. The molecule has 0 aliphatic carbocycles. The predicted molar refractivity (Wildman–Crippen MR) is 98.8 cm³/mol. The van der Waals surface area contributed by atoms with Gasteiger partial charge in [0.15, 0.2) is 5.13 Å². The Hall–Kier alpha value is -1.91. The van der Waals surface area contributed by atoms with E-state index in [0.717, 1.165) is 22.1 Å². The number of nitrogens with zero attached hydrogens (tertiary/aromatic N) is 2. The Bertz CT molecular complexity index is 786. The van der Waals surface area contributed by atoms with Gasteiger partial charge in [-0.1, -0.05) is 56.6 Å². The molecular weight excluding hydrogens is 326 g/mol. The summed E-state index contributed by atoms with van der Waals surface area (Å²) in [6, 6.07) is 12.2. The number of hydrogen-bond donors (Lipinski definition) is 1. The van der Waals surface area contributed by atoms with Gasteiger partial charge >= 0.3 is 0 Å². The van der Waals surface area contributed by atoms with Crippen molar-refractivity contribution in [2.45, 2.75) is 26.2 Å². The van der Waals surface area contributed by atoms with Gasteiger partial charge in [-0.15, -0.1) is 11.3 Å². The molecule has 2 aromatic heterocycles. The number of anilines is 2. The molecule has 0 spiro atoms. The van der Waals surface area contributed by atoms with Crippen molar-refractivity contribution in [3.05, 3.63) is 58.7 Å². The molecule has 0 radical (unpaired) electrons. The maximum atomic E-state index is 5.79. The lowest BCUT2D eigenvalue weighted by Gasteiger charge is -2.18. The first-order chi connectivity index (χ1) is 10.9. The zero-order valence-electron chi connectivity index (χ0n) is 13.3. The van der Waals surface area contributed by atoms with E-state index in [1.54, 1.807) is 23.6 Å². The van der Waals surface area contributed by atoms with Crippen LogP contribution in [0.2, 0.25) is 5.15 Å². The summed E-state index contributed by atoms with van der Waals surface area (Å²) >= 11 is 7.36. The Labute approximate surface area is 145 Å². The number of nitrogens with one attached hydrogen (secondary N) is 1. The second-order valence-electron chi connectivity index (χ2n) is 6.36. The van der Waals surface area contributed by atoms with Gasteiger partial charge in [-0.2, -0.15) is 0 Å². The van der Waals surface area contributed by atoms with Crippen LogP contribution >= 0.6 is 22.9 Å². The highest BCUT2D eigenvalue weighted by atomic mass is 35.5. The van der Waals surface area contributed by atoms with Crippen LogP contribution in [-0.2, 0) is 5.41 Å². The molecule has 3 nitrogen and oxygen atoms in total. The SMILES string of the molecule is CC(C)(C)c1ccc(-c2csc(Nc3ccc(Cl)nc3)n2)cc1. The average Bonchev–Trinajstić information content (AvgIpc) is 2.97. The number of halogens is 1. The standard InChI is InChI=1S/C18H18ClN3S/c1-18(2,3)13-6-4-12(5-7-13)15-11-23-17(22-15)21-14-8-9-16(19)20-10-14/h4-11H,1-3H3,(H,21,22). The van der Waals surface area contributed by atoms with Crippen molar-refractivity contribution in [2.75, 3.05) is 5.32 Å². The van der Waals surface area contributed by atoms with Gasteiger partial charge in [0.25, 0.3) is 0 Å². The largest absolute Gasteiger partial charge is 0.330 e. The zero-order chi connectivity index (χ0) is 16.4. The lowest BCUT2D eigenvalue weighted by Crippen LogP contribution is -2.10. The molecule has 23 heavy (non-hydrogen) atoms. The molecule has 1 N–H and O–H groups in total. The van der Waals surface area contributed by atoms with Crippen LogP contribution in [0.15, 0.2) is 48.0 Å². The van der Waals surface area contributed by atoms with Gasteiger partial charge in [-0.3, -0.25) is 0 Å². The Balaban J connectivity index is 1.77. The van der Waals surface area contributed by atoms with Gasteiger partial charge < -0.3 is 5.32 Å². The number of pyridine rings is 1. The van der Waals surface area contributed by atoms with Gasteiger partial charge in [0.05, 0.1) is 17.6 Å². The van der Waals surface area contributed by atoms with Gasteiger partial charge in [-0.25, -0.2) is 9.97 Å². The highest BCUT2D eigenvalue weighted by Gasteiger charge is 2.13. The van der Waals surface area contributed by atoms with E-state index in [0.29, 0.717) is 5.15 Å². The topological polar surface area (TPSA) is 37.8 Å². The molecule has 0 unspecified atom stereocenters. The molecule has 3 aromatic rings. The first kappa shape index (κ1) is 16.0. The summed E-state index contributed by atoms with van der Waals surface area (Å²) in [4.78, 5) is 8.69. The van der Waals surface area contributed by atoms with Crippen molar-refractivity contribution in [3.8, 4) is 11.3 Å². The fraction of sp³-hybridized carbons (Fsp3) is 0.222. The maximum Gasteiger partial charge on any atom is 0.187 e. The van der Waals surface area contributed by atoms with Crippen LogP contribution in [0.3, 0.4) is 0 Å². The number of thiazole rings is 1. The fourth-order valence-corrected chi connectivity index (χ4v) is 3.03. The minimum atomic E-state index is 0.162. The molecule has 118 valence electrons. The summed E-state index contributed by atoms with van der Waals surface area (Å²) in [5.74, 6) is 0. The average molecular weight is 344 g/mol. The van der Waals surface area contributed by atoms with E-state index in [2.05, 4.69) is 65.7 Å². The molecule has 0 saturated carbocycles. The molecule has 0 bridgehead atoms. The van der Waals surface area contributed by atoms with Crippen LogP contribution in [0.5, 0.6) is 0 Å². The lowest BCUT2D eigenvalue weighted by atomic mass is 9.86. The van der Waals surface area contributed by atoms with Gasteiger partial charge in [-0.05, 0) is 23.1 Å². The summed E-state index contributed by atoms with van der Waals surface area (Å²) in [7, 11) is 0. The molecule has 1 aromatic carbocycles. The van der Waals surface area contributed by atoms with Crippen molar-refractivity contribution in [1.29, 1.82) is 0 Å².